The molecule has 0 aromatic rings. The van der Waals surface area contributed by atoms with Gasteiger partial charge in [-0.05, 0) is 12.8 Å². The van der Waals surface area contributed by atoms with E-state index in [1.165, 1.54) is 13.2 Å². The number of rotatable bonds is 6. The molecule has 4 heteroatoms. The number of unbranched alkanes of at least 4 members (excludes halogenated alkanes) is 3. The molecule has 0 aliphatic carbocycles. The second-order valence-electron chi connectivity index (χ2n) is 2.87. The second-order valence-corrected chi connectivity index (χ2v) is 2.87. The average Bonchev–Trinajstić information content (AvgIpc) is 2.22. The van der Waals surface area contributed by atoms with Gasteiger partial charge in [-0.2, -0.15) is 4.79 Å². The molecular formula is C10H16N2O2. The van der Waals surface area contributed by atoms with Gasteiger partial charge in [0.15, 0.2) is 0 Å². The molecule has 0 saturated heterocycles. The molecule has 0 aromatic carbocycles. The zero-order chi connectivity index (χ0) is 10.8. The highest BCUT2D eigenvalue weighted by Gasteiger charge is 2.15. The summed E-state index contributed by atoms with van der Waals surface area (Å²) in [4.78, 5) is 13.7. The van der Waals surface area contributed by atoms with Crippen molar-refractivity contribution in [3.63, 3.8) is 0 Å². The lowest BCUT2D eigenvalue weighted by molar-refractivity contribution is -0.137. The predicted octanol–water partition coefficient (Wildman–Crippen LogP) is 1.97. The van der Waals surface area contributed by atoms with Gasteiger partial charge in [0, 0.05) is 6.08 Å². The van der Waals surface area contributed by atoms with Gasteiger partial charge in [0.05, 0.1) is 7.11 Å². The third-order valence-electron chi connectivity index (χ3n) is 1.75. The van der Waals surface area contributed by atoms with Crippen molar-refractivity contribution in [2.75, 3.05) is 7.11 Å². The van der Waals surface area contributed by atoms with Crippen LogP contribution in [0.5, 0.6) is 0 Å². The van der Waals surface area contributed by atoms with Gasteiger partial charge in [0.25, 0.3) is 0 Å². The fourth-order valence-corrected chi connectivity index (χ4v) is 0.954. The first-order valence-electron chi connectivity index (χ1n) is 4.73. The van der Waals surface area contributed by atoms with Crippen molar-refractivity contribution in [2.45, 2.75) is 32.6 Å². The van der Waals surface area contributed by atoms with Gasteiger partial charge < -0.3 is 10.3 Å². The van der Waals surface area contributed by atoms with Gasteiger partial charge in [-0.3, -0.25) is 0 Å². The first-order chi connectivity index (χ1) is 6.76. The number of carbonyl (C=O) groups excluding carboxylic acids is 1. The highest BCUT2D eigenvalue weighted by atomic mass is 16.5. The van der Waals surface area contributed by atoms with Gasteiger partial charge in [-0.25, -0.2) is 4.79 Å². The standard InChI is InChI=1S/C10H16N2O2/c1-3-4-5-6-7-8-9(12-11)10(13)14-2/h7-8H,3-6H2,1-2H3/b8-7-. The van der Waals surface area contributed by atoms with E-state index in [1.54, 1.807) is 0 Å². The SMILES string of the molecule is CCCCC/C=C\C(=[N+]=[N-])C(=O)OC. The quantitative estimate of drug-likeness (QED) is 0.214. The summed E-state index contributed by atoms with van der Waals surface area (Å²) in [6.07, 6.45) is 7.56. The summed E-state index contributed by atoms with van der Waals surface area (Å²) in [6.45, 7) is 2.12. The van der Waals surface area contributed by atoms with Crippen LogP contribution in [0.25, 0.3) is 5.53 Å². The minimum absolute atomic E-state index is 0.0657. The molecule has 0 fully saturated rings. The third-order valence-corrected chi connectivity index (χ3v) is 1.75. The molecule has 14 heavy (non-hydrogen) atoms. The Bertz CT molecular complexity index is 253. The van der Waals surface area contributed by atoms with Crippen LogP contribution >= 0.6 is 0 Å². The third kappa shape index (κ3) is 5.27. The van der Waals surface area contributed by atoms with E-state index >= 15 is 0 Å². The maximum atomic E-state index is 10.9. The van der Waals surface area contributed by atoms with Crippen LogP contribution in [0, 0.1) is 0 Å². The monoisotopic (exact) mass is 196 g/mol. The van der Waals surface area contributed by atoms with Gasteiger partial charge in [-0.15, -0.1) is 0 Å². The molecule has 0 spiro atoms. The first kappa shape index (κ1) is 12.6. The summed E-state index contributed by atoms with van der Waals surface area (Å²) in [6, 6.07) is 0. The van der Waals surface area contributed by atoms with Crippen molar-refractivity contribution in [3.05, 3.63) is 17.7 Å². The summed E-state index contributed by atoms with van der Waals surface area (Å²) < 4.78 is 4.40. The van der Waals surface area contributed by atoms with Crippen molar-refractivity contribution >= 4 is 11.7 Å². The fourth-order valence-electron chi connectivity index (χ4n) is 0.954. The Morgan fingerprint density at radius 2 is 2.21 bits per heavy atom. The van der Waals surface area contributed by atoms with Crippen LogP contribution in [-0.2, 0) is 9.53 Å². The highest BCUT2D eigenvalue weighted by Crippen LogP contribution is 1.99. The summed E-state index contributed by atoms with van der Waals surface area (Å²) >= 11 is 0. The van der Waals surface area contributed by atoms with Crippen LogP contribution < -0.4 is 0 Å². The molecule has 78 valence electrons. The molecule has 0 saturated carbocycles. The van der Waals surface area contributed by atoms with E-state index in [4.69, 9.17) is 5.53 Å². The second kappa shape index (κ2) is 8.20. The highest BCUT2D eigenvalue weighted by molar-refractivity contribution is 6.38. The van der Waals surface area contributed by atoms with Crippen molar-refractivity contribution in [3.8, 4) is 0 Å². The molecule has 0 aliphatic heterocycles. The van der Waals surface area contributed by atoms with Crippen molar-refractivity contribution in [2.24, 2.45) is 0 Å². The van der Waals surface area contributed by atoms with E-state index in [0.717, 1.165) is 25.7 Å². The Hall–Kier alpha value is -1.41. The van der Waals surface area contributed by atoms with Crippen LogP contribution in [0.4, 0.5) is 0 Å². The minimum Gasteiger partial charge on any atom is -0.460 e. The van der Waals surface area contributed by atoms with E-state index in [1.807, 2.05) is 6.08 Å². The fraction of sp³-hybridized carbons (Fsp3) is 0.600. The van der Waals surface area contributed by atoms with E-state index in [9.17, 15) is 4.79 Å². The molecule has 0 aliphatic rings. The Morgan fingerprint density at radius 1 is 1.50 bits per heavy atom. The smallest absolute Gasteiger partial charge is 0.421 e. The maximum absolute atomic E-state index is 10.9. The Labute approximate surface area is 84.2 Å². The summed E-state index contributed by atoms with van der Waals surface area (Å²) in [5, 5.41) is 0. The molecular weight excluding hydrogens is 180 g/mol. The molecule has 0 heterocycles. The molecule has 0 atom stereocenters. The minimum atomic E-state index is -0.626. The van der Waals surface area contributed by atoms with Gasteiger partial charge in [-0.1, -0.05) is 25.8 Å². The largest absolute Gasteiger partial charge is 0.460 e. The Morgan fingerprint density at radius 3 is 2.71 bits per heavy atom. The average molecular weight is 196 g/mol. The number of nitrogens with zero attached hydrogens (tertiary/aromatic N) is 2. The normalized spacial score (nSPS) is 9.86. The molecule has 0 bridgehead atoms. The molecule has 0 radical (unpaired) electrons. The van der Waals surface area contributed by atoms with Crippen molar-refractivity contribution in [1.29, 1.82) is 0 Å². The summed E-state index contributed by atoms with van der Waals surface area (Å²) in [5.74, 6) is -0.626. The van der Waals surface area contributed by atoms with E-state index < -0.39 is 5.97 Å². The summed E-state index contributed by atoms with van der Waals surface area (Å²) in [7, 11) is 1.25. The number of methoxy groups -OCH3 is 1. The van der Waals surface area contributed by atoms with Gasteiger partial charge in [0.1, 0.15) is 0 Å². The summed E-state index contributed by atoms with van der Waals surface area (Å²) in [5.41, 5.74) is 8.40. The number of ether oxygens (including phenoxy) is 1. The zero-order valence-corrected chi connectivity index (χ0v) is 8.69. The van der Waals surface area contributed by atoms with Gasteiger partial charge >= 0.3 is 11.7 Å². The van der Waals surface area contributed by atoms with Crippen LogP contribution in [0.2, 0.25) is 0 Å². The first-order valence-corrected chi connectivity index (χ1v) is 4.73. The lowest BCUT2D eigenvalue weighted by atomic mass is 10.2. The Balaban J connectivity index is 3.95. The molecule has 0 aromatic heterocycles. The van der Waals surface area contributed by atoms with Crippen LogP contribution in [-0.4, -0.2) is 23.6 Å². The molecule has 0 N–H and O–H groups in total. The molecule has 0 rings (SSSR count). The molecule has 0 amide bonds. The zero-order valence-electron chi connectivity index (χ0n) is 8.69. The van der Waals surface area contributed by atoms with Crippen LogP contribution in [0.15, 0.2) is 12.2 Å². The number of carbonyl (C=O) groups is 1. The lowest BCUT2D eigenvalue weighted by Gasteiger charge is -1.91. The Kier molecular flexibility index (Phi) is 7.37. The van der Waals surface area contributed by atoms with E-state index in [-0.39, 0.29) is 5.71 Å². The van der Waals surface area contributed by atoms with Gasteiger partial charge in [0.2, 0.25) is 0 Å². The van der Waals surface area contributed by atoms with Crippen molar-refractivity contribution < 1.29 is 14.3 Å². The van der Waals surface area contributed by atoms with Crippen LogP contribution in [0.3, 0.4) is 0 Å². The number of hydrogen-bond acceptors (Lipinski definition) is 2. The van der Waals surface area contributed by atoms with Crippen molar-refractivity contribution in [1.82, 2.24) is 0 Å². The predicted molar refractivity (Wildman–Crippen MR) is 53.9 cm³/mol. The topological polar surface area (TPSA) is 62.7 Å². The maximum Gasteiger partial charge on any atom is 0.421 e. The van der Waals surface area contributed by atoms with E-state index in [0.29, 0.717) is 0 Å². The molecule has 0 unspecified atom stereocenters. The van der Waals surface area contributed by atoms with E-state index in [2.05, 4.69) is 16.5 Å². The number of esters is 1. The molecule has 4 nitrogen and oxygen atoms in total. The van der Waals surface area contributed by atoms with Crippen LogP contribution in [0.1, 0.15) is 32.6 Å². The number of allylic oxidation sites excluding steroid dienone is 1. The number of hydrogen-bond donors (Lipinski definition) is 0. The lowest BCUT2D eigenvalue weighted by Crippen LogP contribution is -2.13.